The maximum atomic E-state index is 11.3. The molecular weight excluding hydrogens is 208 g/mol. The van der Waals surface area contributed by atoms with Gasteiger partial charge in [0.05, 0.1) is 6.61 Å². The molecule has 0 saturated carbocycles. The molecule has 14 heavy (non-hydrogen) atoms. The molecule has 0 aliphatic carbocycles. The first kappa shape index (κ1) is 10.7. The summed E-state index contributed by atoms with van der Waals surface area (Å²) in [6.45, 7) is 1.83. The van der Waals surface area contributed by atoms with Gasteiger partial charge in [0.15, 0.2) is 5.15 Å². The Morgan fingerprint density at radius 2 is 2.43 bits per heavy atom. The molecule has 76 valence electrons. The highest BCUT2D eigenvalue weighted by Crippen LogP contribution is 1.93. The molecule has 0 spiro atoms. The molecule has 1 rings (SSSR count). The third kappa shape index (κ3) is 2.56. The van der Waals surface area contributed by atoms with Crippen molar-refractivity contribution in [3.05, 3.63) is 27.9 Å². The molecule has 0 unspecified atom stereocenters. The second-order valence-corrected chi connectivity index (χ2v) is 2.81. The second kappa shape index (κ2) is 4.76. The van der Waals surface area contributed by atoms with Crippen LogP contribution >= 0.6 is 11.6 Å². The average molecular weight is 217 g/mol. The molecule has 5 nitrogen and oxygen atoms in total. The molecule has 0 aliphatic rings. The van der Waals surface area contributed by atoms with E-state index in [1.54, 1.807) is 6.92 Å². The molecule has 6 heteroatoms. The zero-order valence-electron chi connectivity index (χ0n) is 7.57. The predicted molar refractivity (Wildman–Crippen MR) is 50.1 cm³/mol. The van der Waals surface area contributed by atoms with Crippen LogP contribution < -0.4 is 5.56 Å². The van der Waals surface area contributed by atoms with Crippen LogP contribution in [0.5, 0.6) is 0 Å². The van der Waals surface area contributed by atoms with Gasteiger partial charge in [-0.3, -0.25) is 9.59 Å². The monoisotopic (exact) mass is 216 g/mol. The van der Waals surface area contributed by atoms with Gasteiger partial charge in [-0.2, -0.15) is 0 Å². The first-order valence-corrected chi connectivity index (χ1v) is 4.39. The van der Waals surface area contributed by atoms with Crippen LogP contribution in [0.4, 0.5) is 0 Å². The first-order chi connectivity index (χ1) is 6.65. The molecule has 1 aromatic heterocycles. The zero-order chi connectivity index (χ0) is 10.6. The second-order valence-electron chi connectivity index (χ2n) is 2.46. The van der Waals surface area contributed by atoms with E-state index in [0.29, 0.717) is 0 Å². The van der Waals surface area contributed by atoms with E-state index in [9.17, 15) is 9.59 Å². The molecule has 0 fully saturated rings. The standard InChI is InChI=1S/C8H9ClN2O3/c1-2-14-6(12)5-11-4-3-10-7(9)8(11)13/h3-4H,2,5H2,1H3. The fourth-order valence-corrected chi connectivity index (χ4v) is 1.06. The summed E-state index contributed by atoms with van der Waals surface area (Å²) in [6, 6.07) is 0. The lowest BCUT2D eigenvalue weighted by Gasteiger charge is -2.04. The summed E-state index contributed by atoms with van der Waals surface area (Å²) in [4.78, 5) is 25.9. The van der Waals surface area contributed by atoms with Gasteiger partial charge in [0, 0.05) is 12.4 Å². The van der Waals surface area contributed by atoms with Crippen molar-refractivity contribution < 1.29 is 9.53 Å². The zero-order valence-corrected chi connectivity index (χ0v) is 8.32. The van der Waals surface area contributed by atoms with Gasteiger partial charge in [-0.25, -0.2) is 4.98 Å². The number of halogens is 1. The quantitative estimate of drug-likeness (QED) is 0.689. The lowest BCUT2D eigenvalue weighted by Crippen LogP contribution is -2.25. The molecule has 0 saturated heterocycles. The van der Waals surface area contributed by atoms with Crippen LogP contribution in [0.1, 0.15) is 6.92 Å². The summed E-state index contributed by atoms with van der Waals surface area (Å²) in [7, 11) is 0. The lowest BCUT2D eigenvalue weighted by molar-refractivity contribution is -0.143. The van der Waals surface area contributed by atoms with Crippen molar-refractivity contribution in [2.75, 3.05) is 6.61 Å². The Morgan fingerprint density at radius 1 is 1.71 bits per heavy atom. The number of aromatic nitrogens is 2. The van der Waals surface area contributed by atoms with Crippen LogP contribution in [0.3, 0.4) is 0 Å². The van der Waals surface area contributed by atoms with Crippen LogP contribution in [-0.2, 0) is 16.1 Å². The van der Waals surface area contributed by atoms with Crippen molar-refractivity contribution in [1.29, 1.82) is 0 Å². The van der Waals surface area contributed by atoms with E-state index in [1.165, 1.54) is 12.4 Å². The van der Waals surface area contributed by atoms with Gasteiger partial charge in [-0.15, -0.1) is 0 Å². The number of hydrogen-bond acceptors (Lipinski definition) is 4. The number of ether oxygens (including phenoxy) is 1. The van der Waals surface area contributed by atoms with Crippen molar-refractivity contribution in [2.45, 2.75) is 13.5 Å². The van der Waals surface area contributed by atoms with Crippen molar-refractivity contribution in [2.24, 2.45) is 0 Å². The molecule has 0 atom stereocenters. The summed E-state index contributed by atoms with van der Waals surface area (Å²) in [5.74, 6) is -0.475. The van der Waals surface area contributed by atoms with Crippen molar-refractivity contribution in [1.82, 2.24) is 9.55 Å². The third-order valence-electron chi connectivity index (χ3n) is 1.48. The number of hydrogen-bond donors (Lipinski definition) is 0. The van der Waals surface area contributed by atoms with Gasteiger partial charge < -0.3 is 9.30 Å². The molecule has 0 bridgehead atoms. The Balaban J connectivity index is 2.82. The Hall–Kier alpha value is -1.36. The highest BCUT2D eigenvalue weighted by atomic mass is 35.5. The summed E-state index contributed by atoms with van der Waals surface area (Å²) in [5.41, 5.74) is -0.498. The van der Waals surface area contributed by atoms with Gasteiger partial charge in [-0.05, 0) is 6.92 Å². The van der Waals surface area contributed by atoms with Gasteiger partial charge in [-0.1, -0.05) is 11.6 Å². The van der Waals surface area contributed by atoms with Crippen LogP contribution in [0, 0.1) is 0 Å². The van der Waals surface area contributed by atoms with Gasteiger partial charge >= 0.3 is 5.97 Å². The molecule has 0 aromatic carbocycles. The largest absolute Gasteiger partial charge is 0.465 e. The molecule has 1 aromatic rings. The molecule has 0 radical (unpaired) electrons. The summed E-state index contributed by atoms with van der Waals surface area (Å²) in [5, 5.41) is -0.156. The van der Waals surface area contributed by atoms with Crippen molar-refractivity contribution in [3.8, 4) is 0 Å². The van der Waals surface area contributed by atoms with E-state index < -0.39 is 11.5 Å². The summed E-state index contributed by atoms with van der Waals surface area (Å²) >= 11 is 5.48. The maximum Gasteiger partial charge on any atom is 0.326 e. The number of carbonyl (C=O) groups excluding carboxylic acids is 1. The van der Waals surface area contributed by atoms with Crippen molar-refractivity contribution in [3.63, 3.8) is 0 Å². The van der Waals surface area contributed by atoms with Gasteiger partial charge in [0.2, 0.25) is 0 Å². The van der Waals surface area contributed by atoms with Crippen LogP contribution in [-0.4, -0.2) is 22.1 Å². The lowest BCUT2D eigenvalue weighted by atomic mass is 10.6. The van der Waals surface area contributed by atoms with E-state index in [0.717, 1.165) is 4.57 Å². The topological polar surface area (TPSA) is 61.2 Å². The normalized spacial score (nSPS) is 9.86. The predicted octanol–water partition coefficient (Wildman–Crippen LogP) is 0.460. The van der Waals surface area contributed by atoms with Gasteiger partial charge in [0.1, 0.15) is 6.54 Å². The van der Waals surface area contributed by atoms with E-state index >= 15 is 0 Å². The SMILES string of the molecule is CCOC(=O)Cn1ccnc(Cl)c1=O. The Kier molecular flexibility index (Phi) is 3.64. The van der Waals surface area contributed by atoms with Crippen LogP contribution in [0.2, 0.25) is 5.15 Å². The first-order valence-electron chi connectivity index (χ1n) is 4.01. The fourth-order valence-electron chi connectivity index (χ4n) is 0.891. The molecule has 0 amide bonds. The third-order valence-corrected chi connectivity index (χ3v) is 1.74. The molecule has 1 heterocycles. The molecule has 0 N–H and O–H groups in total. The van der Waals surface area contributed by atoms with Gasteiger partial charge in [0.25, 0.3) is 5.56 Å². The fraction of sp³-hybridized carbons (Fsp3) is 0.375. The smallest absolute Gasteiger partial charge is 0.326 e. The van der Waals surface area contributed by atoms with E-state index in [4.69, 9.17) is 11.6 Å². The van der Waals surface area contributed by atoms with E-state index in [-0.39, 0.29) is 18.3 Å². The molecular formula is C8H9ClN2O3. The van der Waals surface area contributed by atoms with Crippen LogP contribution in [0.15, 0.2) is 17.2 Å². The number of esters is 1. The Labute approximate surface area is 85.3 Å². The minimum Gasteiger partial charge on any atom is -0.465 e. The van der Waals surface area contributed by atoms with Crippen LogP contribution in [0.25, 0.3) is 0 Å². The number of rotatable bonds is 3. The summed E-state index contributed by atoms with van der Waals surface area (Å²) in [6.07, 6.45) is 2.73. The highest BCUT2D eigenvalue weighted by Gasteiger charge is 2.06. The maximum absolute atomic E-state index is 11.3. The van der Waals surface area contributed by atoms with E-state index in [2.05, 4.69) is 9.72 Å². The molecule has 0 aliphatic heterocycles. The summed E-state index contributed by atoms with van der Waals surface area (Å²) < 4.78 is 5.82. The highest BCUT2D eigenvalue weighted by molar-refractivity contribution is 6.29. The van der Waals surface area contributed by atoms with Crippen molar-refractivity contribution >= 4 is 17.6 Å². The minimum atomic E-state index is -0.498. The Bertz CT molecular complexity index is 388. The average Bonchev–Trinajstić information content (AvgIpc) is 2.13. The van der Waals surface area contributed by atoms with E-state index in [1.807, 2.05) is 0 Å². The Morgan fingerprint density at radius 3 is 3.07 bits per heavy atom. The number of nitrogens with zero attached hydrogens (tertiary/aromatic N) is 2. The number of carbonyl (C=O) groups is 1. The minimum absolute atomic E-state index is 0.144.